The van der Waals surface area contributed by atoms with Crippen molar-refractivity contribution in [1.82, 2.24) is 0 Å². The molecule has 2 aromatic carbocycles. The third-order valence-corrected chi connectivity index (χ3v) is 2.80. The van der Waals surface area contributed by atoms with Gasteiger partial charge in [-0.2, -0.15) is 0 Å². The fourth-order valence-electron chi connectivity index (χ4n) is 1.88. The number of nitrogens with two attached hydrogens (primary N) is 1. The first-order valence-electron chi connectivity index (χ1n) is 5.42. The van der Waals surface area contributed by atoms with Crippen LogP contribution in [0.3, 0.4) is 0 Å². The van der Waals surface area contributed by atoms with E-state index >= 15 is 0 Å². The Labute approximate surface area is 104 Å². The van der Waals surface area contributed by atoms with Gasteiger partial charge in [-0.3, -0.25) is 0 Å². The molecule has 0 aliphatic rings. The maximum atomic E-state index is 13.7. The van der Waals surface area contributed by atoms with Crippen molar-refractivity contribution in [3.8, 4) is 16.9 Å². The fraction of sp³-hybridized carbons (Fsp3) is 0.143. The van der Waals surface area contributed by atoms with Crippen molar-refractivity contribution >= 4 is 5.69 Å². The molecule has 18 heavy (non-hydrogen) atoms. The number of rotatable bonds is 2. The number of benzene rings is 2. The number of nitrogen functional groups attached to an aromatic ring is 1. The van der Waals surface area contributed by atoms with Crippen LogP contribution in [-0.2, 0) is 0 Å². The SMILES string of the molecule is COc1cc(-c2cc(F)ccc2F)c(C)cc1N. The zero-order chi connectivity index (χ0) is 13.3. The van der Waals surface area contributed by atoms with Gasteiger partial charge in [0.15, 0.2) is 0 Å². The monoisotopic (exact) mass is 249 g/mol. The van der Waals surface area contributed by atoms with Crippen molar-refractivity contribution in [1.29, 1.82) is 0 Å². The number of aryl methyl sites for hydroxylation is 1. The minimum Gasteiger partial charge on any atom is -0.495 e. The molecular formula is C14H13F2NO. The van der Waals surface area contributed by atoms with Gasteiger partial charge in [0.05, 0.1) is 12.8 Å². The minimum atomic E-state index is -0.485. The van der Waals surface area contributed by atoms with E-state index in [-0.39, 0.29) is 5.56 Å². The molecule has 0 unspecified atom stereocenters. The van der Waals surface area contributed by atoms with E-state index in [4.69, 9.17) is 10.5 Å². The third-order valence-electron chi connectivity index (χ3n) is 2.80. The number of ether oxygens (including phenoxy) is 1. The maximum Gasteiger partial charge on any atom is 0.142 e. The van der Waals surface area contributed by atoms with Gasteiger partial charge in [0.1, 0.15) is 17.4 Å². The zero-order valence-corrected chi connectivity index (χ0v) is 10.1. The molecule has 0 bridgehead atoms. The second kappa shape index (κ2) is 4.64. The average molecular weight is 249 g/mol. The number of hydrogen-bond donors (Lipinski definition) is 1. The molecule has 2 rings (SSSR count). The van der Waals surface area contributed by atoms with Crippen molar-refractivity contribution in [2.24, 2.45) is 0 Å². The Bertz CT molecular complexity index is 597. The molecule has 0 aliphatic heterocycles. The maximum absolute atomic E-state index is 13.7. The number of anilines is 1. The van der Waals surface area contributed by atoms with Crippen LogP contribution < -0.4 is 10.5 Å². The predicted molar refractivity (Wildman–Crippen MR) is 67.5 cm³/mol. The summed E-state index contributed by atoms with van der Waals surface area (Å²) in [5.74, 6) is -0.521. The summed E-state index contributed by atoms with van der Waals surface area (Å²) >= 11 is 0. The summed E-state index contributed by atoms with van der Waals surface area (Å²) in [4.78, 5) is 0. The summed E-state index contributed by atoms with van der Waals surface area (Å²) in [6, 6.07) is 6.64. The van der Waals surface area contributed by atoms with Crippen molar-refractivity contribution < 1.29 is 13.5 Å². The van der Waals surface area contributed by atoms with Crippen LogP contribution in [0, 0.1) is 18.6 Å². The molecule has 0 heterocycles. The summed E-state index contributed by atoms with van der Waals surface area (Å²) in [6.45, 7) is 1.79. The second-order valence-corrected chi connectivity index (χ2v) is 4.03. The smallest absolute Gasteiger partial charge is 0.142 e. The first-order chi connectivity index (χ1) is 8.52. The Kier molecular flexibility index (Phi) is 3.19. The standard InChI is InChI=1S/C14H13F2NO/c1-8-5-13(17)14(18-2)7-10(8)11-6-9(15)3-4-12(11)16/h3-7H,17H2,1-2H3. The lowest BCUT2D eigenvalue weighted by molar-refractivity contribution is 0.417. The van der Waals surface area contributed by atoms with Gasteiger partial charge in [-0.1, -0.05) is 0 Å². The largest absolute Gasteiger partial charge is 0.495 e. The molecule has 0 amide bonds. The van der Waals surface area contributed by atoms with Gasteiger partial charge in [-0.15, -0.1) is 0 Å². The van der Waals surface area contributed by atoms with Crippen molar-refractivity contribution in [3.05, 3.63) is 47.5 Å². The number of halogens is 2. The Morgan fingerprint density at radius 2 is 1.78 bits per heavy atom. The molecule has 0 saturated carbocycles. The van der Waals surface area contributed by atoms with Crippen LogP contribution >= 0.6 is 0 Å². The Morgan fingerprint density at radius 3 is 2.44 bits per heavy atom. The van der Waals surface area contributed by atoms with Crippen LogP contribution in [0.25, 0.3) is 11.1 Å². The van der Waals surface area contributed by atoms with Gasteiger partial charge < -0.3 is 10.5 Å². The van der Waals surface area contributed by atoms with Crippen LogP contribution in [0.4, 0.5) is 14.5 Å². The Balaban J connectivity index is 2.66. The van der Waals surface area contributed by atoms with Gasteiger partial charge in [0, 0.05) is 5.56 Å². The molecule has 0 saturated heterocycles. The Hall–Kier alpha value is -2.10. The van der Waals surface area contributed by atoms with Gasteiger partial charge in [-0.25, -0.2) is 8.78 Å². The normalized spacial score (nSPS) is 10.4. The molecule has 2 nitrogen and oxygen atoms in total. The van der Waals surface area contributed by atoms with E-state index in [0.29, 0.717) is 17.0 Å². The topological polar surface area (TPSA) is 35.2 Å². The van der Waals surface area contributed by atoms with Gasteiger partial charge in [-0.05, 0) is 48.4 Å². The van der Waals surface area contributed by atoms with Gasteiger partial charge >= 0.3 is 0 Å². The lowest BCUT2D eigenvalue weighted by Gasteiger charge is -2.12. The summed E-state index contributed by atoms with van der Waals surface area (Å²) < 4.78 is 32.0. The molecule has 0 aliphatic carbocycles. The van der Waals surface area contributed by atoms with Gasteiger partial charge in [0.2, 0.25) is 0 Å². The van der Waals surface area contributed by atoms with Crippen LogP contribution in [0.5, 0.6) is 5.75 Å². The molecule has 2 N–H and O–H groups in total. The molecule has 0 spiro atoms. The highest BCUT2D eigenvalue weighted by Crippen LogP contribution is 2.33. The number of hydrogen-bond acceptors (Lipinski definition) is 2. The first kappa shape index (κ1) is 12.4. The lowest BCUT2D eigenvalue weighted by Crippen LogP contribution is -1.96. The van der Waals surface area contributed by atoms with E-state index in [2.05, 4.69) is 0 Å². The first-order valence-corrected chi connectivity index (χ1v) is 5.42. The summed E-state index contributed by atoms with van der Waals surface area (Å²) in [6.07, 6.45) is 0. The molecule has 94 valence electrons. The molecule has 0 aromatic heterocycles. The highest BCUT2D eigenvalue weighted by atomic mass is 19.1. The van der Waals surface area contributed by atoms with Crippen LogP contribution in [0.15, 0.2) is 30.3 Å². The van der Waals surface area contributed by atoms with E-state index < -0.39 is 11.6 Å². The van der Waals surface area contributed by atoms with E-state index in [9.17, 15) is 8.78 Å². The zero-order valence-electron chi connectivity index (χ0n) is 10.1. The lowest BCUT2D eigenvalue weighted by atomic mass is 9.99. The Morgan fingerprint density at radius 1 is 1.06 bits per heavy atom. The predicted octanol–water partition coefficient (Wildman–Crippen LogP) is 3.53. The average Bonchev–Trinajstić information content (AvgIpc) is 2.33. The van der Waals surface area contributed by atoms with Crippen molar-refractivity contribution in [3.63, 3.8) is 0 Å². The van der Waals surface area contributed by atoms with E-state index in [1.165, 1.54) is 7.11 Å². The van der Waals surface area contributed by atoms with Crippen molar-refractivity contribution in [2.75, 3.05) is 12.8 Å². The minimum absolute atomic E-state index is 0.200. The molecule has 4 heteroatoms. The third kappa shape index (κ3) is 2.14. The molecule has 2 aromatic rings. The number of methoxy groups -OCH3 is 1. The second-order valence-electron chi connectivity index (χ2n) is 4.03. The molecule has 0 radical (unpaired) electrons. The van der Waals surface area contributed by atoms with E-state index in [1.54, 1.807) is 19.1 Å². The summed E-state index contributed by atoms with van der Waals surface area (Å²) in [7, 11) is 1.48. The molecule has 0 atom stereocenters. The van der Waals surface area contributed by atoms with Gasteiger partial charge in [0.25, 0.3) is 0 Å². The van der Waals surface area contributed by atoms with E-state index in [1.807, 2.05) is 0 Å². The van der Waals surface area contributed by atoms with Crippen molar-refractivity contribution in [2.45, 2.75) is 6.92 Å². The molecular weight excluding hydrogens is 236 g/mol. The highest BCUT2D eigenvalue weighted by Gasteiger charge is 2.12. The van der Waals surface area contributed by atoms with Crippen LogP contribution in [0.1, 0.15) is 5.56 Å². The summed E-state index contributed by atoms with van der Waals surface area (Å²) in [5, 5.41) is 0. The van der Waals surface area contributed by atoms with E-state index in [0.717, 1.165) is 23.8 Å². The quantitative estimate of drug-likeness (QED) is 0.826. The summed E-state index contributed by atoms with van der Waals surface area (Å²) in [5.41, 5.74) is 7.75. The van der Waals surface area contributed by atoms with Crippen LogP contribution in [-0.4, -0.2) is 7.11 Å². The van der Waals surface area contributed by atoms with Crippen LogP contribution in [0.2, 0.25) is 0 Å². The highest BCUT2D eigenvalue weighted by molar-refractivity contribution is 5.74. The fourth-order valence-corrected chi connectivity index (χ4v) is 1.88. The molecule has 0 fully saturated rings.